The highest BCUT2D eigenvalue weighted by molar-refractivity contribution is 7.89. The quantitative estimate of drug-likeness (QED) is 0.788. The number of hydrogen-bond acceptors (Lipinski definition) is 4. The van der Waals surface area contributed by atoms with Crippen LogP contribution in [0.5, 0.6) is 0 Å². The van der Waals surface area contributed by atoms with Crippen LogP contribution in [0.15, 0.2) is 9.42 Å². The van der Waals surface area contributed by atoms with Crippen LogP contribution in [-0.2, 0) is 10.0 Å². The van der Waals surface area contributed by atoms with Gasteiger partial charge in [-0.1, -0.05) is 5.16 Å². The van der Waals surface area contributed by atoms with Gasteiger partial charge in [-0.05, 0) is 13.8 Å². The van der Waals surface area contributed by atoms with Gasteiger partial charge in [0.15, 0.2) is 5.76 Å². The topological polar surface area (TPSA) is 72.2 Å². The molecule has 1 heterocycles. The Kier molecular flexibility index (Phi) is 3.52. The van der Waals surface area contributed by atoms with E-state index in [1.807, 2.05) is 0 Å². The van der Waals surface area contributed by atoms with E-state index in [1.54, 1.807) is 13.8 Å². The van der Waals surface area contributed by atoms with Gasteiger partial charge in [0.05, 0.1) is 0 Å². The third-order valence-electron chi connectivity index (χ3n) is 1.62. The number of aromatic nitrogens is 1. The molecule has 1 aromatic rings. The third kappa shape index (κ3) is 2.26. The van der Waals surface area contributed by atoms with E-state index in [0.717, 1.165) is 0 Å². The van der Waals surface area contributed by atoms with Crippen molar-refractivity contribution in [1.29, 1.82) is 0 Å². The molecule has 80 valence electrons. The normalized spacial score (nSPS) is 11.9. The standard InChI is InChI=1S/C7H11ClN2O3S/c1-5-7(6(2)13-10-5)14(11,12)9-4-3-8/h9H,3-4H2,1-2H3. The summed E-state index contributed by atoms with van der Waals surface area (Å²) in [5.74, 6) is 0.507. The average Bonchev–Trinajstić information content (AvgIpc) is 2.43. The Morgan fingerprint density at radius 1 is 1.50 bits per heavy atom. The van der Waals surface area contributed by atoms with Crippen LogP contribution in [0.4, 0.5) is 0 Å². The van der Waals surface area contributed by atoms with Crippen LogP contribution in [-0.4, -0.2) is 26.0 Å². The molecule has 1 aromatic heterocycles. The first-order valence-corrected chi connectivity index (χ1v) is 5.99. The van der Waals surface area contributed by atoms with Crippen LogP contribution in [0.25, 0.3) is 0 Å². The maximum atomic E-state index is 11.6. The summed E-state index contributed by atoms with van der Waals surface area (Å²) >= 11 is 5.38. The van der Waals surface area contributed by atoms with Gasteiger partial charge in [-0.25, -0.2) is 13.1 Å². The molecule has 1 rings (SSSR count). The first kappa shape index (κ1) is 11.5. The molecule has 0 unspecified atom stereocenters. The van der Waals surface area contributed by atoms with Crippen molar-refractivity contribution in [3.63, 3.8) is 0 Å². The third-order valence-corrected chi connectivity index (χ3v) is 3.52. The molecule has 0 aliphatic rings. The number of alkyl halides is 1. The van der Waals surface area contributed by atoms with E-state index in [9.17, 15) is 8.42 Å². The predicted octanol–water partition coefficient (Wildman–Crippen LogP) is 0.809. The lowest BCUT2D eigenvalue weighted by Crippen LogP contribution is -2.26. The number of halogens is 1. The second-order valence-corrected chi connectivity index (χ2v) is 4.82. The lowest BCUT2D eigenvalue weighted by atomic mass is 10.4. The van der Waals surface area contributed by atoms with Crippen molar-refractivity contribution in [2.45, 2.75) is 18.7 Å². The fourth-order valence-corrected chi connectivity index (χ4v) is 2.67. The van der Waals surface area contributed by atoms with Gasteiger partial charge in [0.1, 0.15) is 10.6 Å². The minimum atomic E-state index is -3.53. The largest absolute Gasteiger partial charge is 0.360 e. The van der Waals surface area contributed by atoms with Gasteiger partial charge < -0.3 is 4.52 Å². The zero-order valence-corrected chi connectivity index (χ0v) is 9.44. The van der Waals surface area contributed by atoms with Crippen molar-refractivity contribution in [3.8, 4) is 0 Å². The Morgan fingerprint density at radius 3 is 2.57 bits per heavy atom. The van der Waals surface area contributed by atoms with Crippen LogP contribution in [0.3, 0.4) is 0 Å². The maximum Gasteiger partial charge on any atom is 0.246 e. The molecule has 0 aliphatic carbocycles. The Hall–Kier alpha value is -0.590. The number of nitrogens with zero attached hydrogens (tertiary/aromatic N) is 1. The molecule has 0 fully saturated rings. The maximum absolute atomic E-state index is 11.6. The summed E-state index contributed by atoms with van der Waals surface area (Å²) in [7, 11) is -3.53. The number of aryl methyl sites for hydroxylation is 2. The second-order valence-electron chi connectivity index (χ2n) is 2.74. The van der Waals surface area contributed by atoms with Gasteiger partial charge in [0, 0.05) is 12.4 Å². The summed E-state index contributed by atoms with van der Waals surface area (Å²) < 4.78 is 30.3. The summed E-state index contributed by atoms with van der Waals surface area (Å²) in [6.45, 7) is 3.31. The highest BCUT2D eigenvalue weighted by Crippen LogP contribution is 2.18. The summed E-state index contributed by atoms with van der Waals surface area (Å²) in [6.07, 6.45) is 0. The molecule has 0 atom stereocenters. The molecule has 0 spiro atoms. The minimum Gasteiger partial charge on any atom is -0.360 e. The summed E-state index contributed by atoms with van der Waals surface area (Å²) in [5.41, 5.74) is 0.351. The molecule has 14 heavy (non-hydrogen) atoms. The molecule has 5 nitrogen and oxygen atoms in total. The summed E-state index contributed by atoms with van der Waals surface area (Å²) in [4.78, 5) is 0.0996. The fraction of sp³-hybridized carbons (Fsp3) is 0.571. The van der Waals surface area contributed by atoms with Crippen LogP contribution < -0.4 is 4.72 Å². The molecular weight excluding hydrogens is 228 g/mol. The van der Waals surface area contributed by atoms with Gasteiger partial charge in [-0.3, -0.25) is 0 Å². The highest BCUT2D eigenvalue weighted by Gasteiger charge is 2.23. The van der Waals surface area contributed by atoms with Crippen molar-refractivity contribution in [1.82, 2.24) is 9.88 Å². The van der Waals surface area contributed by atoms with Gasteiger partial charge >= 0.3 is 0 Å². The first-order chi connectivity index (χ1) is 6.49. The van der Waals surface area contributed by atoms with Gasteiger partial charge in [-0.2, -0.15) is 0 Å². The number of hydrogen-bond donors (Lipinski definition) is 1. The van der Waals surface area contributed by atoms with E-state index in [4.69, 9.17) is 16.1 Å². The van der Waals surface area contributed by atoms with E-state index in [1.165, 1.54) is 0 Å². The van der Waals surface area contributed by atoms with Crippen molar-refractivity contribution in [3.05, 3.63) is 11.5 Å². The smallest absolute Gasteiger partial charge is 0.246 e. The molecule has 0 saturated heterocycles. The van der Waals surface area contributed by atoms with Gasteiger partial charge in [-0.15, -0.1) is 11.6 Å². The van der Waals surface area contributed by atoms with Gasteiger partial charge in [0.25, 0.3) is 0 Å². The molecular formula is C7H11ClN2O3S. The Bertz CT molecular complexity index is 393. The number of nitrogens with one attached hydrogen (secondary N) is 1. The molecule has 7 heteroatoms. The molecule has 0 radical (unpaired) electrons. The lowest BCUT2D eigenvalue weighted by Gasteiger charge is -2.03. The Morgan fingerprint density at radius 2 is 2.14 bits per heavy atom. The molecule has 0 bridgehead atoms. The van der Waals surface area contributed by atoms with Crippen LogP contribution >= 0.6 is 11.6 Å². The SMILES string of the molecule is Cc1noc(C)c1S(=O)(=O)NCCCl. The average molecular weight is 239 g/mol. The second kappa shape index (κ2) is 4.29. The highest BCUT2D eigenvalue weighted by atomic mass is 35.5. The van der Waals surface area contributed by atoms with Crippen LogP contribution in [0.1, 0.15) is 11.5 Å². The van der Waals surface area contributed by atoms with Crippen molar-refractivity contribution >= 4 is 21.6 Å². The molecule has 0 aromatic carbocycles. The van der Waals surface area contributed by atoms with E-state index in [-0.39, 0.29) is 23.1 Å². The zero-order chi connectivity index (χ0) is 10.8. The first-order valence-electron chi connectivity index (χ1n) is 3.97. The zero-order valence-electron chi connectivity index (χ0n) is 7.87. The van der Waals surface area contributed by atoms with Crippen molar-refractivity contribution in [2.24, 2.45) is 0 Å². The minimum absolute atomic E-state index is 0.0996. The van der Waals surface area contributed by atoms with E-state index in [2.05, 4.69) is 9.88 Å². The van der Waals surface area contributed by atoms with Crippen molar-refractivity contribution < 1.29 is 12.9 Å². The fourth-order valence-electron chi connectivity index (χ4n) is 1.10. The van der Waals surface area contributed by atoms with Gasteiger partial charge in [0.2, 0.25) is 10.0 Å². The van der Waals surface area contributed by atoms with Crippen LogP contribution in [0, 0.1) is 13.8 Å². The van der Waals surface area contributed by atoms with E-state index < -0.39 is 10.0 Å². The molecule has 0 saturated carbocycles. The number of rotatable bonds is 4. The lowest BCUT2D eigenvalue weighted by molar-refractivity contribution is 0.390. The van der Waals surface area contributed by atoms with Crippen LogP contribution in [0.2, 0.25) is 0 Å². The number of sulfonamides is 1. The Labute approximate surface area is 87.5 Å². The predicted molar refractivity (Wildman–Crippen MR) is 51.9 cm³/mol. The monoisotopic (exact) mass is 238 g/mol. The van der Waals surface area contributed by atoms with E-state index in [0.29, 0.717) is 5.69 Å². The molecule has 1 N–H and O–H groups in total. The molecule has 0 aliphatic heterocycles. The summed E-state index contributed by atoms with van der Waals surface area (Å²) in [5, 5.41) is 3.56. The Balaban J connectivity index is 3.04. The summed E-state index contributed by atoms with van der Waals surface area (Å²) in [6, 6.07) is 0. The van der Waals surface area contributed by atoms with E-state index >= 15 is 0 Å². The molecule has 0 amide bonds. The van der Waals surface area contributed by atoms with Crippen molar-refractivity contribution in [2.75, 3.05) is 12.4 Å².